The number of aliphatic hydroxyl groups excluding tert-OH is 1. The quantitative estimate of drug-likeness (QED) is 0.838. The number of hydrogen-bond donors (Lipinski definition) is 1. The number of nitrogens with zero attached hydrogens (tertiary/aromatic N) is 3. The van der Waals surface area contributed by atoms with E-state index in [1.807, 2.05) is 30.7 Å². The molecule has 1 aromatic rings. The molecule has 1 N–H and O–H groups in total. The van der Waals surface area contributed by atoms with Crippen LogP contribution in [0.25, 0.3) is 0 Å². The van der Waals surface area contributed by atoms with E-state index in [-0.39, 0.29) is 23.6 Å². The lowest BCUT2D eigenvalue weighted by atomic mass is 9.88. The van der Waals surface area contributed by atoms with Crippen molar-refractivity contribution in [3.05, 3.63) is 52.8 Å². The highest BCUT2D eigenvalue weighted by atomic mass is 35.5. The lowest BCUT2D eigenvalue weighted by molar-refractivity contribution is -0.128. The smallest absolute Gasteiger partial charge is 0.289 e. The molecule has 1 unspecified atom stereocenters. The first-order chi connectivity index (χ1) is 12.0. The van der Waals surface area contributed by atoms with E-state index in [4.69, 9.17) is 11.6 Å². The zero-order valence-electron chi connectivity index (χ0n) is 14.7. The zero-order valence-corrected chi connectivity index (χ0v) is 15.4. The fourth-order valence-electron chi connectivity index (χ4n) is 3.58. The van der Waals surface area contributed by atoms with E-state index in [2.05, 4.69) is 11.1 Å². The van der Waals surface area contributed by atoms with Gasteiger partial charge >= 0.3 is 0 Å². The van der Waals surface area contributed by atoms with Gasteiger partial charge in [-0.3, -0.25) is 4.79 Å². The number of allylic oxidation sites excluding steroid dienone is 2. The summed E-state index contributed by atoms with van der Waals surface area (Å²) in [6.45, 7) is 5.37. The highest BCUT2D eigenvalue weighted by molar-refractivity contribution is 6.29. The average Bonchev–Trinajstić information content (AvgIpc) is 3.16. The highest BCUT2D eigenvalue weighted by Gasteiger charge is 2.41. The lowest BCUT2D eigenvalue weighted by Crippen LogP contribution is -2.38. The van der Waals surface area contributed by atoms with Gasteiger partial charge in [0.05, 0.1) is 12.4 Å². The third-order valence-electron chi connectivity index (χ3n) is 4.74. The van der Waals surface area contributed by atoms with Crippen LogP contribution in [0.4, 0.5) is 0 Å². The van der Waals surface area contributed by atoms with Crippen LogP contribution in [0, 0.1) is 5.92 Å². The largest absolute Gasteiger partial charge is 0.503 e. The van der Waals surface area contributed by atoms with Gasteiger partial charge in [0.2, 0.25) is 0 Å². The number of aliphatic hydroxyl groups is 1. The lowest BCUT2D eigenvalue weighted by Gasteiger charge is -2.30. The molecular weight excluding hydrogens is 338 g/mol. The Balaban J connectivity index is 1.82. The Hall–Kier alpha value is -2.01. The first kappa shape index (κ1) is 17.8. The normalized spacial score (nSPS) is 21.2. The van der Waals surface area contributed by atoms with Crippen molar-refractivity contribution in [2.45, 2.75) is 45.7 Å². The number of amides is 1. The number of rotatable bonds is 6. The summed E-state index contributed by atoms with van der Waals surface area (Å²) >= 11 is 6.24. The number of hydrogen-bond acceptors (Lipinski definition) is 3. The molecule has 0 bridgehead atoms. The maximum Gasteiger partial charge on any atom is 0.289 e. The Kier molecular flexibility index (Phi) is 5.33. The fraction of sp³-hybridized carbons (Fsp3) is 0.474. The minimum absolute atomic E-state index is 0.0857. The van der Waals surface area contributed by atoms with E-state index in [1.165, 1.54) is 0 Å². The molecule has 0 saturated carbocycles. The summed E-state index contributed by atoms with van der Waals surface area (Å²) in [5.41, 5.74) is 1.81. The number of imidazole rings is 1. The molecule has 0 spiro atoms. The van der Waals surface area contributed by atoms with Crippen LogP contribution in [-0.2, 0) is 11.3 Å². The molecule has 3 rings (SSSR count). The molecule has 0 aromatic carbocycles. The van der Waals surface area contributed by atoms with Gasteiger partial charge in [0.15, 0.2) is 5.76 Å². The van der Waals surface area contributed by atoms with Crippen molar-refractivity contribution < 1.29 is 9.90 Å². The Morgan fingerprint density at radius 1 is 1.40 bits per heavy atom. The van der Waals surface area contributed by atoms with Crippen LogP contribution in [0.5, 0.6) is 0 Å². The minimum Gasteiger partial charge on any atom is -0.503 e. The van der Waals surface area contributed by atoms with Crippen molar-refractivity contribution >= 4 is 17.5 Å². The third kappa shape index (κ3) is 3.66. The molecule has 1 amide bonds. The van der Waals surface area contributed by atoms with Crippen molar-refractivity contribution in [3.8, 4) is 0 Å². The van der Waals surface area contributed by atoms with Crippen LogP contribution in [0.1, 0.15) is 33.1 Å². The predicted octanol–water partition coefficient (Wildman–Crippen LogP) is 3.80. The van der Waals surface area contributed by atoms with Gasteiger partial charge in [0, 0.05) is 36.1 Å². The van der Waals surface area contributed by atoms with E-state index in [0.29, 0.717) is 6.54 Å². The summed E-state index contributed by atoms with van der Waals surface area (Å²) < 4.78 is 1.99. The first-order valence-electron chi connectivity index (χ1n) is 8.75. The maximum absolute atomic E-state index is 12.7. The molecule has 2 heterocycles. The number of aromatic nitrogens is 2. The van der Waals surface area contributed by atoms with Gasteiger partial charge in [-0.2, -0.15) is 0 Å². The molecule has 25 heavy (non-hydrogen) atoms. The first-order valence-corrected chi connectivity index (χ1v) is 9.12. The summed E-state index contributed by atoms with van der Waals surface area (Å²) in [7, 11) is 0. The zero-order chi connectivity index (χ0) is 18.0. The number of halogens is 1. The van der Waals surface area contributed by atoms with Crippen LogP contribution in [-0.4, -0.2) is 38.1 Å². The summed E-state index contributed by atoms with van der Waals surface area (Å²) in [4.78, 5) is 18.5. The molecule has 1 aliphatic heterocycles. The van der Waals surface area contributed by atoms with E-state index in [9.17, 15) is 9.90 Å². The molecular formula is C19H24ClN3O2. The summed E-state index contributed by atoms with van der Waals surface area (Å²) in [5, 5.41) is 11.2. The van der Waals surface area contributed by atoms with Crippen LogP contribution in [0.15, 0.2) is 52.8 Å². The monoisotopic (exact) mass is 361 g/mol. The van der Waals surface area contributed by atoms with Crippen molar-refractivity contribution in [3.63, 3.8) is 0 Å². The van der Waals surface area contributed by atoms with Crippen LogP contribution >= 0.6 is 11.6 Å². The van der Waals surface area contributed by atoms with Gasteiger partial charge in [-0.1, -0.05) is 31.5 Å². The summed E-state index contributed by atoms with van der Waals surface area (Å²) in [6, 6.07) is -0.218. The molecule has 2 aliphatic rings. The molecule has 0 fully saturated rings. The van der Waals surface area contributed by atoms with Crippen molar-refractivity contribution in [2.75, 3.05) is 6.54 Å². The highest BCUT2D eigenvalue weighted by Crippen LogP contribution is 2.37. The number of aryl methyl sites for hydroxylation is 1. The number of carbonyl (C=O) groups is 1. The third-order valence-corrected chi connectivity index (χ3v) is 5.04. The van der Waals surface area contributed by atoms with Gasteiger partial charge in [-0.25, -0.2) is 4.98 Å². The standard InChI is InChI=1S/C19H24ClN3O2/c1-13(2)16-17(14-5-3-6-15(20)11-14)23(19(25)18(16)24)9-4-8-22-10-7-21-12-22/h5,7,10-13,17,24H,3-4,6,8-9H2,1-2H3. The second-order valence-corrected chi connectivity index (χ2v) is 7.33. The van der Waals surface area contributed by atoms with Crippen molar-refractivity contribution in [1.82, 2.24) is 14.5 Å². The van der Waals surface area contributed by atoms with Crippen LogP contribution < -0.4 is 0 Å². The van der Waals surface area contributed by atoms with Crippen molar-refractivity contribution in [2.24, 2.45) is 5.92 Å². The molecule has 1 aromatic heterocycles. The van der Waals surface area contributed by atoms with Gasteiger partial charge in [-0.05, 0) is 36.8 Å². The summed E-state index contributed by atoms with van der Waals surface area (Å²) in [6.07, 6.45) is 12.0. The van der Waals surface area contributed by atoms with Gasteiger partial charge in [0.25, 0.3) is 5.91 Å². The fourth-order valence-corrected chi connectivity index (χ4v) is 3.81. The van der Waals surface area contributed by atoms with E-state index in [1.54, 1.807) is 17.4 Å². The van der Waals surface area contributed by atoms with E-state index in [0.717, 1.165) is 42.0 Å². The Bertz CT molecular complexity index is 732. The molecule has 1 atom stereocenters. The predicted molar refractivity (Wildman–Crippen MR) is 98.1 cm³/mol. The molecule has 134 valence electrons. The van der Waals surface area contributed by atoms with E-state index >= 15 is 0 Å². The second-order valence-electron chi connectivity index (χ2n) is 6.85. The summed E-state index contributed by atoms with van der Waals surface area (Å²) in [5.74, 6) is -0.295. The molecule has 5 nitrogen and oxygen atoms in total. The molecule has 6 heteroatoms. The molecule has 0 saturated heterocycles. The van der Waals surface area contributed by atoms with Gasteiger partial charge in [-0.15, -0.1) is 0 Å². The van der Waals surface area contributed by atoms with E-state index < -0.39 is 0 Å². The second kappa shape index (κ2) is 7.48. The minimum atomic E-state index is -0.282. The van der Waals surface area contributed by atoms with Crippen molar-refractivity contribution in [1.29, 1.82) is 0 Å². The SMILES string of the molecule is CC(C)C1=C(O)C(=O)N(CCCn2ccnc2)C1C1=CCCC(Cl)=C1. The molecule has 0 radical (unpaired) electrons. The van der Waals surface area contributed by atoms with Gasteiger partial charge in [0.1, 0.15) is 0 Å². The topological polar surface area (TPSA) is 58.4 Å². The molecule has 1 aliphatic carbocycles. The Morgan fingerprint density at radius 3 is 2.84 bits per heavy atom. The number of carbonyl (C=O) groups excluding carboxylic acids is 1. The van der Waals surface area contributed by atoms with Crippen LogP contribution in [0.3, 0.4) is 0 Å². The maximum atomic E-state index is 12.7. The average molecular weight is 362 g/mol. The Morgan fingerprint density at radius 2 is 2.20 bits per heavy atom. The Labute approximate surface area is 153 Å². The van der Waals surface area contributed by atoms with Crippen LogP contribution in [0.2, 0.25) is 0 Å². The van der Waals surface area contributed by atoms with Gasteiger partial charge < -0.3 is 14.6 Å².